The first-order chi connectivity index (χ1) is 11.8. The van der Waals surface area contributed by atoms with Crippen LogP contribution in [0.4, 0.5) is 4.39 Å². The van der Waals surface area contributed by atoms with Crippen LogP contribution < -0.4 is 5.32 Å². The fourth-order valence-electron chi connectivity index (χ4n) is 2.97. The summed E-state index contributed by atoms with van der Waals surface area (Å²) in [6.45, 7) is 1.70. The number of piperidine rings is 1. The number of allylic oxidation sites excluding steroid dienone is 1. The molecule has 6 nitrogen and oxygen atoms in total. The van der Waals surface area contributed by atoms with Crippen LogP contribution in [0.1, 0.15) is 25.3 Å². The highest BCUT2D eigenvalue weighted by Gasteiger charge is 2.37. The van der Waals surface area contributed by atoms with E-state index in [0.717, 1.165) is 0 Å². The molecule has 1 aromatic carbocycles. The molecule has 0 radical (unpaired) electrons. The SMILES string of the molecule is CNC(=O)[C@H]1CC[C@@H](C(=O)O)N(C(=O)/C=C(\C)c2cccc(F)c2)C1. The zero-order valence-corrected chi connectivity index (χ0v) is 14.2. The van der Waals surface area contributed by atoms with Gasteiger partial charge in [-0.3, -0.25) is 9.59 Å². The van der Waals surface area contributed by atoms with Gasteiger partial charge in [-0.25, -0.2) is 9.18 Å². The maximum absolute atomic E-state index is 13.3. The maximum atomic E-state index is 13.3. The second kappa shape index (κ2) is 7.92. The molecule has 0 bridgehead atoms. The van der Waals surface area contributed by atoms with Crippen molar-refractivity contribution in [1.29, 1.82) is 0 Å². The fourth-order valence-corrected chi connectivity index (χ4v) is 2.97. The molecule has 1 aliphatic rings. The van der Waals surface area contributed by atoms with Crippen molar-refractivity contribution in [3.05, 3.63) is 41.7 Å². The molecule has 1 aromatic rings. The number of aliphatic carboxylic acids is 1. The van der Waals surface area contributed by atoms with E-state index in [2.05, 4.69) is 5.32 Å². The van der Waals surface area contributed by atoms with Crippen LogP contribution >= 0.6 is 0 Å². The summed E-state index contributed by atoms with van der Waals surface area (Å²) >= 11 is 0. The number of likely N-dealkylation sites (tertiary alicyclic amines) is 1. The molecule has 0 saturated carbocycles. The Morgan fingerprint density at radius 1 is 1.32 bits per heavy atom. The van der Waals surface area contributed by atoms with E-state index >= 15 is 0 Å². The Kier molecular flexibility index (Phi) is 5.90. The number of rotatable bonds is 4. The third kappa shape index (κ3) is 4.43. The molecule has 1 heterocycles. The number of benzene rings is 1. The number of nitrogens with one attached hydrogen (secondary N) is 1. The average Bonchev–Trinajstić information content (AvgIpc) is 2.60. The maximum Gasteiger partial charge on any atom is 0.326 e. The summed E-state index contributed by atoms with van der Waals surface area (Å²) in [4.78, 5) is 37.1. The Bertz CT molecular complexity index is 717. The molecule has 1 aliphatic heterocycles. The summed E-state index contributed by atoms with van der Waals surface area (Å²) in [5.41, 5.74) is 1.07. The molecule has 134 valence electrons. The third-order valence-corrected chi connectivity index (χ3v) is 4.39. The van der Waals surface area contributed by atoms with E-state index in [-0.39, 0.29) is 18.9 Å². The monoisotopic (exact) mass is 348 g/mol. The fraction of sp³-hybridized carbons (Fsp3) is 0.389. The Balaban J connectivity index is 2.24. The molecule has 0 unspecified atom stereocenters. The minimum atomic E-state index is -1.10. The summed E-state index contributed by atoms with van der Waals surface area (Å²) in [7, 11) is 1.51. The minimum absolute atomic E-state index is 0.0441. The van der Waals surface area contributed by atoms with Crippen molar-refractivity contribution in [2.24, 2.45) is 5.92 Å². The minimum Gasteiger partial charge on any atom is -0.480 e. The molecule has 2 N–H and O–H groups in total. The number of amides is 2. The number of carboxylic acid groups (broad SMARTS) is 1. The van der Waals surface area contributed by atoms with Crippen molar-refractivity contribution in [2.75, 3.05) is 13.6 Å². The van der Waals surface area contributed by atoms with E-state index in [0.29, 0.717) is 17.6 Å². The summed E-state index contributed by atoms with van der Waals surface area (Å²) in [5, 5.41) is 11.9. The predicted molar refractivity (Wildman–Crippen MR) is 90.0 cm³/mol. The Morgan fingerprint density at radius 3 is 2.64 bits per heavy atom. The van der Waals surface area contributed by atoms with Gasteiger partial charge in [-0.1, -0.05) is 12.1 Å². The van der Waals surface area contributed by atoms with E-state index < -0.39 is 29.7 Å². The quantitative estimate of drug-likeness (QED) is 0.811. The van der Waals surface area contributed by atoms with Crippen molar-refractivity contribution in [2.45, 2.75) is 25.8 Å². The third-order valence-electron chi connectivity index (χ3n) is 4.39. The van der Waals surface area contributed by atoms with E-state index in [9.17, 15) is 23.9 Å². The van der Waals surface area contributed by atoms with Gasteiger partial charge in [0, 0.05) is 19.7 Å². The number of hydrogen-bond acceptors (Lipinski definition) is 3. The van der Waals surface area contributed by atoms with Crippen LogP contribution in [0, 0.1) is 11.7 Å². The highest BCUT2D eigenvalue weighted by Crippen LogP contribution is 2.24. The van der Waals surface area contributed by atoms with E-state index in [1.165, 1.54) is 36.2 Å². The highest BCUT2D eigenvalue weighted by atomic mass is 19.1. The lowest BCUT2D eigenvalue weighted by Crippen LogP contribution is -2.52. The lowest BCUT2D eigenvalue weighted by molar-refractivity contribution is -0.152. The Morgan fingerprint density at radius 2 is 2.04 bits per heavy atom. The second-order valence-corrected chi connectivity index (χ2v) is 6.07. The van der Waals surface area contributed by atoms with Gasteiger partial charge in [0.05, 0.1) is 5.92 Å². The van der Waals surface area contributed by atoms with Gasteiger partial charge < -0.3 is 15.3 Å². The van der Waals surface area contributed by atoms with Crippen molar-refractivity contribution in [1.82, 2.24) is 10.2 Å². The standard InChI is InChI=1S/C18H21FN2O4/c1-11(12-4-3-5-14(19)9-12)8-16(22)21-10-13(17(23)20-2)6-7-15(21)18(24)25/h3-5,8-9,13,15H,6-7,10H2,1-2H3,(H,20,23)(H,24,25)/b11-8+/t13-,15-/m0/s1. The first kappa shape index (κ1) is 18.6. The predicted octanol–water partition coefficient (Wildman–Crippen LogP) is 1.67. The molecule has 2 amide bonds. The largest absolute Gasteiger partial charge is 0.480 e. The molecule has 25 heavy (non-hydrogen) atoms. The highest BCUT2D eigenvalue weighted by molar-refractivity contribution is 5.97. The average molecular weight is 348 g/mol. The normalized spacial score (nSPS) is 20.9. The van der Waals surface area contributed by atoms with Crippen molar-refractivity contribution >= 4 is 23.4 Å². The summed E-state index contributed by atoms with van der Waals surface area (Å²) in [6, 6.07) is 4.84. The van der Waals surface area contributed by atoms with Crippen LogP contribution in [-0.4, -0.2) is 47.4 Å². The second-order valence-electron chi connectivity index (χ2n) is 6.07. The molecule has 0 aliphatic carbocycles. The lowest BCUT2D eigenvalue weighted by atomic mass is 9.91. The van der Waals surface area contributed by atoms with Crippen LogP contribution in [0.25, 0.3) is 5.57 Å². The van der Waals surface area contributed by atoms with Crippen LogP contribution in [0.3, 0.4) is 0 Å². The van der Waals surface area contributed by atoms with Gasteiger partial charge in [0.25, 0.3) is 0 Å². The molecule has 1 saturated heterocycles. The van der Waals surface area contributed by atoms with Crippen LogP contribution in [0.2, 0.25) is 0 Å². The van der Waals surface area contributed by atoms with Crippen molar-refractivity contribution < 1.29 is 23.9 Å². The molecule has 2 rings (SSSR count). The summed E-state index contributed by atoms with van der Waals surface area (Å²) < 4.78 is 13.3. The number of carbonyl (C=O) groups excluding carboxylic acids is 2. The van der Waals surface area contributed by atoms with Gasteiger partial charge in [-0.2, -0.15) is 0 Å². The lowest BCUT2D eigenvalue weighted by Gasteiger charge is -2.36. The number of carboxylic acids is 1. The van der Waals surface area contributed by atoms with E-state index in [1.807, 2.05) is 0 Å². The molecular formula is C18H21FN2O4. The molecular weight excluding hydrogens is 327 g/mol. The van der Waals surface area contributed by atoms with Gasteiger partial charge in [0.1, 0.15) is 11.9 Å². The van der Waals surface area contributed by atoms with Crippen molar-refractivity contribution in [3.63, 3.8) is 0 Å². The van der Waals surface area contributed by atoms with Gasteiger partial charge in [-0.05, 0) is 43.0 Å². The summed E-state index contributed by atoms with van der Waals surface area (Å²) in [6.07, 6.45) is 1.91. The first-order valence-corrected chi connectivity index (χ1v) is 8.02. The number of nitrogens with zero attached hydrogens (tertiary/aromatic N) is 1. The van der Waals surface area contributed by atoms with E-state index in [4.69, 9.17) is 0 Å². The van der Waals surface area contributed by atoms with Crippen LogP contribution in [0.15, 0.2) is 30.3 Å². The first-order valence-electron chi connectivity index (χ1n) is 8.02. The molecule has 0 spiro atoms. The zero-order valence-electron chi connectivity index (χ0n) is 14.2. The van der Waals surface area contributed by atoms with Gasteiger partial charge in [-0.15, -0.1) is 0 Å². The smallest absolute Gasteiger partial charge is 0.326 e. The summed E-state index contributed by atoms with van der Waals surface area (Å²) in [5.74, 6) is -2.66. The van der Waals surface area contributed by atoms with E-state index in [1.54, 1.807) is 13.0 Å². The van der Waals surface area contributed by atoms with Gasteiger partial charge in [0.2, 0.25) is 11.8 Å². The molecule has 1 fully saturated rings. The van der Waals surface area contributed by atoms with Crippen LogP contribution in [0.5, 0.6) is 0 Å². The molecule has 7 heteroatoms. The Hall–Kier alpha value is -2.70. The molecule has 2 atom stereocenters. The topological polar surface area (TPSA) is 86.7 Å². The Labute approximate surface area is 145 Å². The van der Waals surface area contributed by atoms with Gasteiger partial charge in [0.15, 0.2) is 0 Å². The zero-order chi connectivity index (χ0) is 18.6. The number of hydrogen-bond donors (Lipinski definition) is 2. The van der Waals surface area contributed by atoms with Crippen molar-refractivity contribution in [3.8, 4) is 0 Å². The van der Waals surface area contributed by atoms with Gasteiger partial charge >= 0.3 is 5.97 Å². The number of carbonyl (C=O) groups is 3. The molecule has 0 aromatic heterocycles. The number of halogens is 1. The van der Waals surface area contributed by atoms with Crippen LogP contribution in [-0.2, 0) is 14.4 Å².